The third-order valence-electron chi connectivity index (χ3n) is 2.50. The van der Waals surface area contributed by atoms with Crippen molar-refractivity contribution in [3.63, 3.8) is 0 Å². The highest BCUT2D eigenvalue weighted by Gasteiger charge is 2.08. The number of benzene rings is 1. The number of nitrogens with zero attached hydrogens (tertiary/aromatic N) is 3. The highest BCUT2D eigenvalue weighted by molar-refractivity contribution is 8.13. The molecule has 0 amide bonds. The summed E-state index contributed by atoms with van der Waals surface area (Å²) in [5.41, 5.74) is 0.954. The van der Waals surface area contributed by atoms with Crippen molar-refractivity contribution in [2.45, 2.75) is 0 Å². The lowest BCUT2D eigenvalue weighted by molar-refractivity contribution is 0.0691. The number of thioether (sulfide) groups is 1. The summed E-state index contributed by atoms with van der Waals surface area (Å²) in [6, 6.07) is 8.47. The van der Waals surface area contributed by atoms with Crippen LogP contribution in [0, 0.1) is 11.5 Å². The van der Waals surface area contributed by atoms with E-state index in [1.165, 1.54) is 17.8 Å². The molecule has 2 aromatic rings. The third-order valence-corrected chi connectivity index (χ3v) is 3.08. The molecule has 2 N–H and O–H groups in total. The van der Waals surface area contributed by atoms with Gasteiger partial charge in [0.1, 0.15) is 5.69 Å². The van der Waals surface area contributed by atoms with E-state index in [1.807, 2.05) is 6.07 Å². The molecule has 6 nitrogen and oxygen atoms in total. The van der Waals surface area contributed by atoms with Crippen molar-refractivity contribution in [3.8, 4) is 6.19 Å². The molecule has 0 spiro atoms. The molecule has 0 saturated carbocycles. The van der Waals surface area contributed by atoms with Crippen molar-refractivity contribution in [2.75, 3.05) is 6.26 Å². The van der Waals surface area contributed by atoms with Gasteiger partial charge in [-0.25, -0.2) is 14.8 Å². The zero-order chi connectivity index (χ0) is 14.5. The van der Waals surface area contributed by atoms with E-state index < -0.39 is 5.97 Å². The van der Waals surface area contributed by atoms with Crippen LogP contribution in [0.1, 0.15) is 10.5 Å². The Morgan fingerprint density at radius 2 is 2.25 bits per heavy atom. The van der Waals surface area contributed by atoms with Crippen LogP contribution >= 0.6 is 11.8 Å². The standard InChI is InChI=1S/C13H10N4O2S/c1-20-13(15-7-14)17-9-4-2-3-8-5-6-10(12(18)19)16-11(8)9/h2-6H,1H3,(H,15,17)(H,18,19). The van der Waals surface area contributed by atoms with Gasteiger partial charge >= 0.3 is 5.97 Å². The highest BCUT2D eigenvalue weighted by atomic mass is 32.2. The number of para-hydroxylation sites is 1. The van der Waals surface area contributed by atoms with Crippen LogP contribution in [0.25, 0.3) is 10.9 Å². The van der Waals surface area contributed by atoms with E-state index in [0.29, 0.717) is 16.4 Å². The van der Waals surface area contributed by atoms with Gasteiger partial charge in [-0.3, -0.25) is 5.32 Å². The smallest absolute Gasteiger partial charge is 0.354 e. The number of nitriles is 1. The summed E-state index contributed by atoms with van der Waals surface area (Å²) in [4.78, 5) is 19.4. The second-order valence-electron chi connectivity index (χ2n) is 3.71. The van der Waals surface area contributed by atoms with E-state index in [4.69, 9.17) is 10.4 Å². The lowest BCUT2D eigenvalue weighted by Crippen LogP contribution is -2.12. The average Bonchev–Trinajstić information content (AvgIpc) is 2.46. The van der Waals surface area contributed by atoms with Crippen LogP contribution in [0.5, 0.6) is 0 Å². The molecule has 0 bridgehead atoms. The van der Waals surface area contributed by atoms with Crippen LogP contribution in [-0.2, 0) is 0 Å². The number of carboxylic acid groups (broad SMARTS) is 1. The van der Waals surface area contributed by atoms with Gasteiger partial charge in [0.05, 0.1) is 11.2 Å². The number of hydrogen-bond donors (Lipinski definition) is 2. The van der Waals surface area contributed by atoms with E-state index in [-0.39, 0.29) is 5.69 Å². The molecule has 1 aromatic heterocycles. The van der Waals surface area contributed by atoms with E-state index >= 15 is 0 Å². The average molecular weight is 286 g/mol. The lowest BCUT2D eigenvalue weighted by Gasteiger charge is -2.04. The Balaban J connectivity index is 2.61. The van der Waals surface area contributed by atoms with Crippen LogP contribution in [0.4, 0.5) is 5.69 Å². The van der Waals surface area contributed by atoms with E-state index in [0.717, 1.165) is 5.39 Å². The van der Waals surface area contributed by atoms with Crippen LogP contribution in [0.3, 0.4) is 0 Å². The molecule has 0 saturated heterocycles. The molecular weight excluding hydrogens is 276 g/mol. The zero-order valence-corrected chi connectivity index (χ0v) is 11.3. The molecule has 0 atom stereocenters. The van der Waals surface area contributed by atoms with Gasteiger partial charge in [0.2, 0.25) is 0 Å². The Morgan fingerprint density at radius 3 is 2.90 bits per heavy atom. The number of carboxylic acids is 1. The predicted octanol–water partition coefficient (Wildman–Crippen LogP) is 2.35. The van der Waals surface area contributed by atoms with Gasteiger partial charge in [-0.1, -0.05) is 30.0 Å². The van der Waals surface area contributed by atoms with Gasteiger partial charge in [-0.05, 0) is 18.4 Å². The summed E-state index contributed by atoms with van der Waals surface area (Å²) in [7, 11) is 0. The van der Waals surface area contributed by atoms with Gasteiger partial charge in [0.25, 0.3) is 0 Å². The minimum atomic E-state index is -1.09. The number of carbonyl (C=O) groups is 1. The Morgan fingerprint density at radius 1 is 1.45 bits per heavy atom. The maximum atomic E-state index is 11.0. The summed E-state index contributed by atoms with van der Waals surface area (Å²) in [5, 5.41) is 21.3. The second kappa shape index (κ2) is 6.04. The molecule has 100 valence electrons. The summed E-state index contributed by atoms with van der Waals surface area (Å²) < 4.78 is 0. The van der Waals surface area contributed by atoms with Crippen LogP contribution < -0.4 is 5.32 Å². The van der Waals surface area contributed by atoms with Crippen LogP contribution in [-0.4, -0.2) is 27.5 Å². The number of aromatic carboxylic acids is 1. The Bertz CT molecular complexity index is 737. The zero-order valence-electron chi connectivity index (χ0n) is 10.5. The third kappa shape index (κ3) is 2.87. The first-order valence-corrected chi connectivity index (χ1v) is 6.79. The number of fused-ring (bicyclic) bond motifs is 1. The fourth-order valence-electron chi connectivity index (χ4n) is 1.62. The molecule has 0 aliphatic carbocycles. The molecule has 7 heteroatoms. The minimum Gasteiger partial charge on any atom is -0.477 e. The fourth-order valence-corrected chi connectivity index (χ4v) is 1.96. The van der Waals surface area contributed by atoms with Gasteiger partial charge < -0.3 is 5.11 Å². The molecule has 20 heavy (non-hydrogen) atoms. The Labute approximate surface area is 119 Å². The summed E-state index contributed by atoms with van der Waals surface area (Å²) in [6.07, 6.45) is 3.58. The van der Waals surface area contributed by atoms with Crippen molar-refractivity contribution in [1.82, 2.24) is 10.3 Å². The number of aromatic nitrogens is 1. The molecule has 1 aromatic carbocycles. The first kappa shape index (κ1) is 13.8. The second-order valence-corrected chi connectivity index (χ2v) is 4.50. The molecule has 0 unspecified atom stereocenters. The van der Waals surface area contributed by atoms with Gasteiger partial charge in [0.15, 0.2) is 11.4 Å². The Hall–Kier alpha value is -2.59. The summed E-state index contributed by atoms with van der Waals surface area (Å²) in [5.74, 6) is -1.09. The number of pyridine rings is 1. The summed E-state index contributed by atoms with van der Waals surface area (Å²) in [6.45, 7) is 0. The quantitative estimate of drug-likeness (QED) is 0.380. The predicted molar refractivity (Wildman–Crippen MR) is 78.1 cm³/mol. The number of amidine groups is 1. The number of aliphatic imine (C=N–C) groups is 1. The number of hydrogen-bond acceptors (Lipinski definition) is 5. The molecule has 1 heterocycles. The van der Waals surface area contributed by atoms with Gasteiger partial charge in [-0.2, -0.15) is 5.26 Å². The SMILES string of the molecule is CSC(=Nc1cccc2ccc(C(=O)O)nc12)NC#N. The van der Waals surface area contributed by atoms with E-state index in [1.54, 1.807) is 30.6 Å². The first-order valence-electron chi connectivity index (χ1n) is 5.56. The molecule has 2 rings (SSSR count). The monoisotopic (exact) mass is 286 g/mol. The maximum Gasteiger partial charge on any atom is 0.354 e. The molecular formula is C13H10N4O2S. The van der Waals surface area contributed by atoms with Gasteiger partial charge in [0, 0.05) is 5.39 Å². The molecule has 0 aliphatic heterocycles. The maximum absolute atomic E-state index is 11.0. The fraction of sp³-hybridized carbons (Fsp3) is 0.0769. The Kier molecular flexibility index (Phi) is 4.17. The molecule has 0 aliphatic rings. The van der Waals surface area contributed by atoms with Crippen molar-refractivity contribution in [3.05, 3.63) is 36.0 Å². The normalized spacial score (nSPS) is 11.1. The van der Waals surface area contributed by atoms with Crippen molar-refractivity contribution in [2.24, 2.45) is 4.99 Å². The van der Waals surface area contributed by atoms with Crippen LogP contribution in [0.2, 0.25) is 0 Å². The lowest BCUT2D eigenvalue weighted by atomic mass is 10.2. The molecule has 0 radical (unpaired) electrons. The van der Waals surface area contributed by atoms with Crippen molar-refractivity contribution < 1.29 is 9.90 Å². The largest absolute Gasteiger partial charge is 0.477 e. The number of rotatable bonds is 2. The van der Waals surface area contributed by atoms with Crippen LogP contribution in [0.15, 0.2) is 35.3 Å². The first-order chi connectivity index (χ1) is 9.65. The minimum absolute atomic E-state index is 0.0425. The van der Waals surface area contributed by atoms with Crippen molar-refractivity contribution >= 4 is 39.5 Å². The summed E-state index contributed by atoms with van der Waals surface area (Å²) >= 11 is 1.28. The van der Waals surface area contributed by atoms with E-state index in [9.17, 15) is 4.79 Å². The molecule has 0 fully saturated rings. The van der Waals surface area contributed by atoms with Crippen molar-refractivity contribution in [1.29, 1.82) is 5.26 Å². The highest BCUT2D eigenvalue weighted by Crippen LogP contribution is 2.25. The van der Waals surface area contributed by atoms with E-state index in [2.05, 4.69) is 15.3 Å². The van der Waals surface area contributed by atoms with Gasteiger partial charge in [-0.15, -0.1) is 0 Å². The topological polar surface area (TPSA) is 98.4 Å². The number of nitrogens with one attached hydrogen (secondary N) is 1.